The lowest BCUT2D eigenvalue weighted by Crippen LogP contribution is -2.38. The highest BCUT2D eigenvalue weighted by atomic mass is 35.5. The number of pyridine rings is 1. The number of fused-ring (bicyclic) bond motifs is 1. The molecule has 0 fully saturated rings. The number of carbonyl (C=O) groups is 1. The van der Waals surface area contributed by atoms with Crippen molar-refractivity contribution in [2.45, 2.75) is 12.5 Å². The second-order valence-corrected chi connectivity index (χ2v) is 11.7. The third kappa shape index (κ3) is 7.11. The molecule has 10 heteroatoms. The van der Waals surface area contributed by atoms with Crippen LogP contribution in [0.15, 0.2) is 132 Å². The summed E-state index contributed by atoms with van der Waals surface area (Å²) in [7, 11) is 0. The molecule has 236 valence electrons. The number of rotatable bonds is 13. The van der Waals surface area contributed by atoms with Crippen molar-refractivity contribution in [2.24, 2.45) is 5.16 Å². The molecule has 0 aliphatic rings. The predicted molar refractivity (Wildman–Crippen MR) is 189 cm³/mol. The van der Waals surface area contributed by atoms with Crippen LogP contribution in [0.5, 0.6) is 0 Å². The van der Waals surface area contributed by atoms with Gasteiger partial charge in [0.15, 0.2) is 5.13 Å². The minimum Gasteiger partial charge on any atom is -0.461 e. The van der Waals surface area contributed by atoms with Gasteiger partial charge in [0.05, 0.1) is 18.7 Å². The third-order valence-corrected chi connectivity index (χ3v) is 8.49. The smallest absolute Gasteiger partial charge is 0.362 e. The van der Waals surface area contributed by atoms with E-state index in [1.165, 1.54) is 11.3 Å². The number of esters is 1. The topological polar surface area (TPSA) is 97.7 Å². The number of thiazole rings is 1. The van der Waals surface area contributed by atoms with Gasteiger partial charge in [0.2, 0.25) is 5.71 Å². The molecular formula is C37H32ClN5O3S. The largest absolute Gasteiger partial charge is 0.461 e. The number of benzene rings is 4. The molecular weight excluding hydrogens is 630 g/mol. The maximum Gasteiger partial charge on any atom is 0.362 e. The van der Waals surface area contributed by atoms with Gasteiger partial charge in [0.1, 0.15) is 17.8 Å². The van der Waals surface area contributed by atoms with Gasteiger partial charge in [-0.25, -0.2) is 9.78 Å². The van der Waals surface area contributed by atoms with Crippen LogP contribution in [-0.2, 0) is 19.9 Å². The summed E-state index contributed by atoms with van der Waals surface area (Å²) < 4.78 is 5.32. The van der Waals surface area contributed by atoms with E-state index in [4.69, 9.17) is 26.2 Å². The highest BCUT2D eigenvalue weighted by Crippen LogP contribution is 2.40. The van der Waals surface area contributed by atoms with Crippen molar-refractivity contribution >= 4 is 56.3 Å². The molecule has 0 aliphatic carbocycles. The Morgan fingerprint density at radius 3 is 2.15 bits per heavy atom. The Balaban J connectivity index is 1.26. The molecule has 0 amide bonds. The van der Waals surface area contributed by atoms with Crippen molar-refractivity contribution in [3.05, 3.63) is 154 Å². The monoisotopic (exact) mass is 661 g/mol. The van der Waals surface area contributed by atoms with Gasteiger partial charge in [-0.15, -0.1) is 11.3 Å². The summed E-state index contributed by atoms with van der Waals surface area (Å²) in [6, 6.07) is 38.1. The fraction of sp³-hybridized carbons (Fsp3) is 0.135. The first-order chi connectivity index (χ1) is 23.1. The number of hydrogen-bond acceptors (Lipinski definition) is 9. The number of nitrogens with one attached hydrogen (secondary N) is 2. The van der Waals surface area contributed by atoms with Crippen LogP contribution in [0.3, 0.4) is 0 Å². The Morgan fingerprint density at radius 1 is 0.894 bits per heavy atom. The van der Waals surface area contributed by atoms with E-state index in [1.807, 2.05) is 78.9 Å². The summed E-state index contributed by atoms with van der Waals surface area (Å²) in [6.45, 7) is 2.55. The Kier molecular flexibility index (Phi) is 10.1. The maximum atomic E-state index is 13.0. The first-order valence-electron chi connectivity index (χ1n) is 15.1. The zero-order chi connectivity index (χ0) is 32.5. The molecule has 2 heterocycles. The van der Waals surface area contributed by atoms with E-state index in [0.717, 1.165) is 33.3 Å². The van der Waals surface area contributed by atoms with Gasteiger partial charge in [-0.3, -0.25) is 4.98 Å². The quantitative estimate of drug-likeness (QED) is 0.0424. The minimum atomic E-state index is -0.773. The normalized spacial score (nSPS) is 11.7. The van der Waals surface area contributed by atoms with Crippen molar-refractivity contribution in [1.82, 2.24) is 9.97 Å². The van der Waals surface area contributed by atoms with Gasteiger partial charge >= 0.3 is 5.97 Å². The zero-order valence-electron chi connectivity index (χ0n) is 25.6. The molecule has 0 aliphatic heterocycles. The highest BCUT2D eigenvalue weighted by Gasteiger charge is 2.37. The van der Waals surface area contributed by atoms with E-state index >= 15 is 0 Å². The fourth-order valence-electron chi connectivity index (χ4n) is 5.39. The van der Waals surface area contributed by atoms with Gasteiger partial charge in [-0.1, -0.05) is 108 Å². The lowest BCUT2D eigenvalue weighted by atomic mass is 9.77. The SMILES string of the molecule is CCOC(=O)/C(=N/OCCNc1ccnc2cc(Cl)ccc12)c1csc(NC(c2ccccc2)(c2ccccc2)c2ccccc2)n1. The van der Waals surface area contributed by atoms with E-state index in [2.05, 4.69) is 57.2 Å². The molecule has 0 atom stereocenters. The highest BCUT2D eigenvalue weighted by molar-refractivity contribution is 7.14. The minimum absolute atomic E-state index is 0.00936. The second kappa shape index (κ2) is 14.9. The van der Waals surface area contributed by atoms with Gasteiger partial charge in [-0.05, 0) is 47.9 Å². The van der Waals surface area contributed by atoms with Crippen molar-refractivity contribution < 1.29 is 14.4 Å². The lowest BCUT2D eigenvalue weighted by Gasteiger charge is -2.36. The van der Waals surface area contributed by atoms with Crippen LogP contribution in [0.1, 0.15) is 29.3 Å². The average Bonchev–Trinajstić information content (AvgIpc) is 3.57. The number of ether oxygens (including phenoxy) is 1. The van der Waals surface area contributed by atoms with E-state index in [1.54, 1.807) is 18.5 Å². The van der Waals surface area contributed by atoms with Crippen molar-refractivity contribution in [3.63, 3.8) is 0 Å². The predicted octanol–water partition coefficient (Wildman–Crippen LogP) is 8.14. The van der Waals surface area contributed by atoms with Crippen molar-refractivity contribution in [2.75, 3.05) is 30.4 Å². The average molecular weight is 662 g/mol. The second-order valence-electron chi connectivity index (χ2n) is 10.5. The van der Waals surface area contributed by atoms with Crippen molar-refractivity contribution in [1.29, 1.82) is 0 Å². The Labute approximate surface area is 282 Å². The van der Waals surface area contributed by atoms with Crippen LogP contribution in [0.25, 0.3) is 10.9 Å². The lowest BCUT2D eigenvalue weighted by molar-refractivity contribution is -0.135. The van der Waals surface area contributed by atoms with E-state index in [-0.39, 0.29) is 18.9 Å². The van der Waals surface area contributed by atoms with Crippen molar-refractivity contribution in [3.8, 4) is 0 Å². The van der Waals surface area contributed by atoms with E-state index < -0.39 is 11.5 Å². The van der Waals surface area contributed by atoms with Gasteiger partial charge in [0, 0.05) is 27.7 Å². The molecule has 0 bridgehead atoms. The van der Waals surface area contributed by atoms with Crippen LogP contribution in [0.4, 0.5) is 10.8 Å². The summed E-state index contributed by atoms with van der Waals surface area (Å²) in [6.07, 6.45) is 1.72. The van der Waals surface area contributed by atoms with Gasteiger partial charge in [0.25, 0.3) is 0 Å². The first-order valence-corrected chi connectivity index (χ1v) is 16.4. The molecule has 0 unspecified atom stereocenters. The molecule has 0 radical (unpaired) electrons. The molecule has 2 aromatic heterocycles. The molecule has 0 saturated heterocycles. The number of aromatic nitrogens is 2. The van der Waals surface area contributed by atoms with Crippen LogP contribution in [0, 0.1) is 0 Å². The number of nitrogens with zero attached hydrogens (tertiary/aromatic N) is 3. The van der Waals surface area contributed by atoms with Crippen LogP contribution < -0.4 is 10.6 Å². The van der Waals surface area contributed by atoms with E-state index in [0.29, 0.717) is 22.4 Å². The molecule has 6 rings (SSSR count). The molecule has 0 saturated carbocycles. The molecule has 8 nitrogen and oxygen atoms in total. The number of oxime groups is 1. The maximum absolute atomic E-state index is 13.0. The van der Waals surface area contributed by atoms with Crippen LogP contribution in [-0.4, -0.2) is 41.4 Å². The number of carbonyl (C=O) groups excluding carboxylic acids is 1. The zero-order valence-corrected chi connectivity index (χ0v) is 27.2. The molecule has 6 aromatic rings. The Morgan fingerprint density at radius 2 is 1.53 bits per heavy atom. The standard InChI is InChI=1S/C37H32ClN5O3S/c1-2-45-35(44)34(43-46-23-22-40-31-20-21-39-32-24-29(38)18-19-30(31)32)33-25-47-36(41-33)42-37(26-12-6-3-7-13-26,27-14-8-4-9-15-27)28-16-10-5-11-17-28/h3-21,24-25H,2,22-23H2,1H3,(H,39,40)(H,41,42)/b43-34+. The summed E-state index contributed by atoms with van der Waals surface area (Å²) in [5, 5.41) is 15.2. The molecule has 47 heavy (non-hydrogen) atoms. The van der Waals surface area contributed by atoms with Gasteiger partial charge in [-0.2, -0.15) is 0 Å². The number of hydrogen-bond donors (Lipinski definition) is 2. The molecule has 2 N–H and O–H groups in total. The number of anilines is 2. The fourth-order valence-corrected chi connectivity index (χ4v) is 6.30. The van der Waals surface area contributed by atoms with Crippen LogP contribution in [0.2, 0.25) is 5.02 Å². The summed E-state index contributed by atoms with van der Waals surface area (Å²) in [5.41, 5.74) is 4.35. The number of halogens is 1. The summed E-state index contributed by atoms with van der Waals surface area (Å²) >= 11 is 7.49. The first kappa shape index (κ1) is 31.7. The van der Waals surface area contributed by atoms with Gasteiger partial charge < -0.3 is 20.2 Å². The Hall–Kier alpha value is -5.25. The third-order valence-electron chi connectivity index (χ3n) is 7.50. The summed E-state index contributed by atoms with van der Waals surface area (Å²) in [5.74, 6) is -0.616. The van der Waals surface area contributed by atoms with Crippen LogP contribution >= 0.6 is 22.9 Å². The summed E-state index contributed by atoms with van der Waals surface area (Å²) in [4.78, 5) is 27.9. The molecule has 0 spiro atoms. The molecule has 4 aromatic carbocycles. The van der Waals surface area contributed by atoms with E-state index in [9.17, 15) is 4.79 Å². The Bertz CT molecular complexity index is 1870.